The first-order valence-corrected chi connectivity index (χ1v) is 9.15. The maximum Gasteiger partial charge on any atom is 0.367 e. The molecule has 0 aromatic heterocycles. The minimum Gasteiger partial charge on any atom is -0.497 e. The van der Waals surface area contributed by atoms with Crippen LogP contribution in [0.2, 0.25) is 5.02 Å². The highest BCUT2D eigenvalue weighted by Crippen LogP contribution is 2.30. The summed E-state index contributed by atoms with van der Waals surface area (Å²) >= 11 is 7.61. The van der Waals surface area contributed by atoms with Crippen molar-refractivity contribution in [2.75, 3.05) is 20.0 Å². The Morgan fingerprint density at radius 2 is 2.12 bits per heavy atom. The van der Waals surface area contributed by atoms with Crippen LogP contribution in [-0.2, 0) is 4.84 Å². The number of hydrogen-bond acceptors (Lipinski definition) is 6. The van der Waals surface area contributed by atoms with Gasteiger partial charge in [-0.2, -0.15) is 0 Å². The normalized spacial score (nSPS) is 14.6. The maximum atomic E-state index is 12.3. The molecule has 0 spiro atoms. The summed E-state index contributed by atoms with van der Waals surface area (Å²) in [5, 5.41) is 4.37. The van der Waals surface area contributed by atoms with Crippen LogP contribution in [-0.4, -0.2) is 31.7 Å². The van der Waals surface area contributed by atoms with E-state index in [9.17, 15) is 4.79 Å². The molecule has 7 heteroatoms. The van der Waals surface area contributed by atoms with E-state index in [4.69, 9.17) is 25.9 Å². The quantitative estimate of drug-likeness (QED) is 0.448. The van der Waals surface area contributed by atoms with Gasteiger partial charge in [-0.1, -0.05) is 16.8 Å². The zero-order valence-corrected chi connectivity index (χ0v) is 15.3. The molecule has 0 fully saturated rings. The molecule has 0 saturated heterocycles. The van der Waals surface area contributed by atoms with Crippen LogP contribution < -0.4 is 9.47 Å². The van der Waals surface area contributed by atoms with Crippen molar-refractivity contribution in [1.82, 2.24) is 0 Å². The van der Waals surface area contributed by atoms with Crippen molar-refractivity contribution in [2.24, 2.45) is 5.16 Å². The molecule has 2 aromatic carbocycles. The van der Waals surface area contributed by atoms with Crippen molar-refractivity contribution in [3.05, 3.63) is 52.5 Å². The van der Waals surface area contributed by atoms with Crippen LogP contribution in [0.15, 0.2) is 46.4 Å². The van der Waals surface area contributed by atoms with E-state index in [0.717, 1.165) is 10.5 Å². The van der Waals surface area contributed by atoms with E-state index in [2.05, 4.69) is 5.16 Å². The average molecular weight is 378 g/mol. The lowest BCUT2D eigenvalue weighted by molar-refractivity contribution is 0.0514. The first-order chi connectivity index (χ1) is 12.1. The molecule has 0 N–H and O–H groups in total. The van der Waals surface area contributed by atoms with Crippen molar-refractivity contribution in [1.29, 1.82) is 0 Å². The zero-order chi connectivity index (χ0) is 17.8. The lowest BCUT2D eigenvalue weighted by Crippen LogP contribution is -2.17. The summed E-state index contributed by atoms with van der Waals surface area (Å²) < 4.78 is 10.8. The molecule has 1 aliphatic heterocycles. The number of methoxy groups -OCH3 is 1. The predicted octanol–water partition coefficient (Wildman–Crippen LogP) is 4.41. The molecule has 0 unspecified atom stereocenters. The molecule has 0 bridgehead atoms. The van der Waals surface area contributed by atoms with Gasteiger partial charge in [-0.15, -0.1) is 11.8 Å². The molecular formula is C18H16ClNO4S. The summed E-state index contributed by atoms with van der Waals surface area (Å²) in [5.41, 5.74) is 1.72. The summed E-state index contributed by atoms with van der Waals surface area (Å²) in [6, 6.07) is 10.6. The Balaban J connectivity index is 1.82. The average Bonchev–Trinajstić information content (AvgIpc) is 2.65. The number of halogens is 1. The molecule has 0 saturated carbocycles. The Morgan fingerprint density at radius 1 is 1.28 bits per heavy atom. The number of ether oxygens (including phenoxy) is 2. The Hall–Kier alpha value is -2.18. The van der Waals surface area contributed by atoms with Crippen molar-refractivity contribution in [2.45, 2.75) is 11.3 Å². The number of carbonyl (C=O) groups excluding carboxylic acids is 1. The predicted molar refractivity (Wildman–Crippen MR) is 98.3 cm³/mol. The van der Waals surface area contributed by atoms with Crippen LogP contribution in [0.3, 0.4) is 0 Å². The van der Waals surface area contributed by atoms with Gasteiger partial charge in [-0.05, 0) is 36.6 Å². The third-order valence-corrected chi connectivity index (χ3v) is 4.78. The van der Waals surface area contributed by atoms with Crippen molar-refractivity contribution in [3.63, 3.8) is 0 Å². The maximum absolute atomic E-state index is 12.3. The molecule has 1 aliphatic rings. The van der Waals surface area contributed by atoms with Crippen molar-refractivity contribution < 1.29 is 19.1 Å². The number of rotatable bonds is 4. The highest BCUT2D eigenvalue weighted by Gasteiger charge is 2.20. The van der Waals surface area contributed by atoms with Crippen LogP contribution >= 0.6 is 23.4 Å². The topological polar surface area (TPSA) is 57.1 Å². The minimum atomic E-state index is -0.588. The second-order valence-corrected chi connectivity index (χ2v) is 6.51. The highest BCUT2D eigenvalue weighted by atomic mass is 35.5. The Morgan fingerprint density at radius 3 is 2.88 bits per heavy atom. The lowest BCUT2D eigenvalue weighted by Gasteiger charge is -2.19. The molecule has 130 valence electrons. The van der Waals surface area contributed by atoms with Gasteiger partial charge < -0.3 is 14.3 Å². The van der Waals surface area contributed by atoms with Crippen LogP contribution in [0.1, 0.15) is 22.3 Å². The van der Waals surface area contributed by atoms with Crippen LogP contribution in [0.4, 0.5) is 0 Å². The van der Waals surface area contributed by atoms with Gasteiger partial charge in [0.1, 0.15) is 11.5 Å². The summed E-state index contributed by atoms with van der Waals surface area (Å²) in [4.78, 5) is 18.4. The molecule has 1 heterocycles. The van der Waals surface area contributed by atoms with E-state index in [1.54, 1.807) is 25.3 Å². The highest BCUT2D eigenvalue weighted by molar-refractivity contribution is 7.98. The van der Waals surface area contributed by atoms with Gasteiger partial charge in [0.25, 0.3) is 0 Å². The second kappa shape index (κ2) is 7.80. The van der Waals surface area contributed by atoms with E-state index >= 15 is 0 Å². The van der Waals surface area contributed by atoms with E-state index in [0.29, 0.717) is 40.8 Å². The monoisotopic (exact) mass is 377 g/mol. The number of hydrogen-bond donors (Lipinski definition) is 0. The number of oxime groups is 1. The van der Waals surface area contributed by atoms with E-state index in [-0.39, 0.29) is 0 Å². The third-order valence-electron chi connectivity index (χ3n) is 3.73. The fourth-order valence-electron chi connectivity index (χ4n) is 2.41. The lowest BCUT2D eigenvalue weighted by atomic mass is 10.0. The number of carbonyl (C=O) groups is 1. The molecule has 5 nitrogen and oxygen atoms in total. The molecule has 3 rings (SSSR count). The van der Waals surface area contributed by atoms with Gasteiger partial charge in [0.15, 0.2) is 0 Å². The van der Waals surface area contributed by atoms with E-state index in [1.165, 1.54) is 11.8 Å². The summed E-state index contributed by atoms with van der Waals surface area (Å²) in [7, 11) is 1.59. The van der Waals surface area contributed by atoms with Gasteiger partial charge in [-0.3, -0.25) is 0 Å². The zero-order valence-electron chi connectivity index (χ0n) is 13.7. The number of nitrogens with zero attached hydrogens (tertiary/aromatic N) is 1. The second-order valence-electron chi connectivity index (χ2n) is 5.22. The molecule has 0 atom stereocenters. The molecule has 0 radical (unpaired) electrons. The van der Waals surface area contributed by atoms with E-state index in [1.807, 2.05) is 24.5 Å². The van der Waals surface area contributed by atoms with Gasteiger partial charge in [0, 0.05) is 22.9 Å². The smallest absolute Gasteiger partial charge is 0.367 e. The molecule has 25 heavy (non-hydrogen) atoms. The molecule has 2 aromatic rings. The van der Waals surface area contributed by atoms with Gasteiger partial charge in [0.2, 0.25) is 0 Å². The molecule has 0 amide bonds. The molecular weight excluding hydrogens is 362 g/mol. The molecule has 0 aliphatic carbocycles. The minimum absolute atomic E-state index is 0.292. The SMILES string of the molecule is COc1ccc2c(c1)OCC/C2=N/OC(=O)c1cc(SC)ccc1Cl. The van der Waals surface area contributed by atoms with Crippen molar-refractivity contribution >= 4 is 35.0 Å². The van der Waals surface area contributed by atoms with Gasteiger partial charge in [0.05, 0.1) is 30.0 Å². The fourth-order valence-corrected chi connectivity index (χ4v) is 3.04. The number of thioether (sulfide) groups is 1. The standard InChI is InChI=1S/C18H16ClNO4S/c1-22-11-3-5-13-16(7-8-23-17(13)9-11)20-24-18(21)14-10-12(25-2)4-6-15(14)19/h3-6,9-10H,7-8H2,1-2H3/b20-16-. The summed E-state index contributed by atoms with van der Waals surface area (Å²) in [6.07, 6.45) is 2.47. The largest absolute Gasteiger partial charge is 0.497 e. The summed E-state index contributed by atoms with van der Waals surface area (Å²) in [5.74, 6) is 0.760. The Labute approximate surface area is 154 Å². The van der Waals surface area contributed by atoms with Gasteiger partial charge in [-0.25, -0.2) is 4.79 Å². The summed E-state index contributed by atoms with van der Waals surface area (Å²) in [6.45, 7) is 0.458. The van der Waals surface area contributed by atoms with Crippen molar-refractivity contribution in [3.8, 4) is 11.5 Å². The first kappa shape index (κ1) is 17.6. The van der Waals surface area contributed by atoms with Crippen LogP contribution in [0.25, 0.3) is 0 Å². The number of fused-ring (bicyclic) bond motifs is 1. The third kappa shape index (κ3) is 3.91. The van der Waals surface area contributed by atoms with Crippen LogP contribution in [0, 0.1) is 0 Å². The Bertz CT molecular complexity index is 838. The number of benzene rings is 2. The van der Waals surface area contributed by atoms with E-state index < -0.39 is 5.97 Å². The Kier molecular flexibility index (Phi) is 5.50. The fraction of sp³-hybridized carbons (Fsp3) is 0.222. The van der Waals surface area contributed by atoms with Crippen LogP contribution in [0.5, 0.6) is 11.5 Å². The van der Waals surface area contributed by atoms with Gasteiger partial charge >= 0.3 is 5.97 Å². The first-order valence-electron chi connectivity index (χ1n) is 7.55.